The summed E-state index contributed by atoms with van der Waals surface area (Å²) >= 11 is 0. The number of aromatic nitrogens is 1. The smallest absolute Gasteiger partial charge is 0.448 e. The summed E-state index contributed by atoms with van der Waals surface area (Å²) < 4.78 is 13.4. The van der Waals surface area contributed by atoms with E-state index >= 15 is 0 Å². The van der Waals surface area contributed by atoms with Crippen LogP contribution < -0.4 is 0 Å². The van der Waals surface area contributed by atoms with Gasteiger partial charge in [0.25, 0.3) is 0 Å². The summed E-state index contributed by atoms with van der Waals surface area (Å²) in [4.78, 5) is 18.3. The maximum absolute atomic E-state index is 13.4. The Morgan fingerprint density at radius 3 is 2.85 bits per heavy atom. The average molecular weight is 278 g/mol. The molecule has 0 radical (unpaired) electrons. The quantitative estimate of drug-likeness (QED) is 0.886. The Morgan fingerprint density at radius 2 is 2.15 bits per heavy atom. The van der Waals surface area contributed by atoms with Gasteiger partial charge in [-0.25, -0.2) is 9.18 Å². The van der Waals surface area contributed by atoms with Crippen LogP contribution in [0.25, 0.3) is 10.9 Å². The standard InChI is InChI=1S/C14H15FN2O3/c15-10-1-2-13-11(7-10)12(8-16-13)9-3-5-17(6-4-9)20-14(18)19/h1-2,7-9,16H,3-6H2,(H,18,19). The highest BCUT2D eigenvalue weighted by Gasteiger charge is 2.24. The van der Waals surface area contributed by atoms with Crippen molar-refractivity contribution in [2.75, 3.05) is 13.1 Å². The van der Waals surface area contributed by atoms with Gasteiger partial charge in [-0.05, 0) is 42.5 Å². The summed E-state index contributed by atoms with van der Waals surface area (Å²) in [5.41, 5.74) is 2.01. The number of halogens is 1. The molecule has 6 heteroatoms. The molecule has 0 amide bonds. The first-order valence-electron chi connectivity index (χ1n) is 6.56. The Morgan fingerprint density at radius 1 is 1.40 bits per heavy atom. The highest BCUT2D eigenvalue weighted by atomic mass is 19.1. The van der Waals surface area contributed by atoms with Crippen molar-refractivity contribution in [2.45, 2.75) is 18.8 Å². The third-order valence-electron chi connectivity index (χ3n) is 3.78. The molecule has 106 valence electrons. The molecule has 2 N–H and O–H groups in total. The molecule has 2 aromatic rings. The molecule has 2 heterocycles. The topological polar surface area (TPSA) is 65.6 Å². The Kier molecular flexibility index (Phi) is 3.31. The SMILES string of the molecule is O=C(O)ON1CCC(c2c[nH]c3ccc(F)cc23)CC1. The third-order valence-corrected chi connectivity index (χ3v) is 3.78. The second-order valence-corrected chi connectivity index (χ2v) is 4.99. The lowest BCUT2D eigenvalue weighted by atomic mass is 9.90. The fraction of sp³-hybridized carbons (Fsp3) is 0.357. The lowest BCUT2D eigenvalue weighted by Crippen LogP contribution is -2.34. The number of H-pyrrole nitrogens is 1. The normalized spacial score (nSPS) is 17.4. The van der Waals surface area contributed by atoms with E-state index in [0.29, 0.717) is 19.0 Å². The van der Waals surface area contributed by atoms with Gasteiger partial charge >= 0.3 is 6.16 Å². The van der Waals surface area contributed by atoms with Crippen LogP contribution in [0.4, 0.5) is 9.18 Å². The molecular formula is C14H15FN2O3. The largest absolute Gasteiger partial charge is 0.525 e. The van der Waals surface area contributed by atoms with Crippen LogP contribution in [0.3, 0.4) is 0 Å². The Hall–Kier alpha value is -2.08. The van der Waals surface area contributed by atoms with Crippen LogP contribution in [-0.4, -0.2) is 34.4 Å². The number of aromatic amines is 1. The summed E-state index contributed by atoms with van der Waals surface area (Å²) in [6.07, 6.45) is 2.22. The van der Waals surface area contributed by atoms with Gasteiger partial charge in [0.2, 0.25) is 0 Å². The third kappa shape index (κ3) is 2.46. The van der Waals surface area contributed by atoms with Crippen LogP contribution in [0.2, 0.25) is 0 Å². The Bertz CT molecular complexity index is 632. The number of nitrogens with one attached hydrogen (secondary N) is 1. The van der Waals surface area contributed by atoms with Crippen LogP contribution in [0.1, 0.15) is 24.3 Å². The summed E-state index contributed by atoms with van der Waals surface area (Å²) in [6, 6.07) is 4.71. The van der Waals surface area contributed by atoms with Gasteiger partial charge in [0.15, 0.2) is 0 Å². The van der Waals surface area contributed by atoms with Gasteiger partial charge < -0.3 is 14.9 Å². The summed E-state index contributed by atoms with van der Waals surface area (Å²) in [7, 11) is 0. The van der Waals surface area contributed by atoms with E-state index in [1.165, 1.54) is 11.1 Å². The van der Waals surface area contributed by atoms with E-state index in [1.54, 1.807) is 12.1 Å². The molecule has 20 heavy (non-hydrogen) atoms. The molecule has 1 saturated heterocycles. The molecule has 0 aliphatic carbocycles. The fourth-order valence-corrected chi connectivity index (χ4v) is 2.82. The van der Waals surface area contributed by atoms with Crippen molar-refractivity contribution in [1.29, 1.82) is 0 Å². The van der Waals surface area contributed by atoms with Crippen LogP contribution in [0.5, 0.6) is 0 Å². The molecule has 1 aromatic heterocycles. The maximum atomic E-state index is 13.4. The lowest BCUT2D eigenvalue weighted by Gasteiger charge is -2.29. The molecule has 3 rings (SSSR count). The fourth-order valence-electron chi connectivity index (χ4n) is 2.82. The van der Waals surface area contributed by atoms with E-state index in [2.05, 4.69) is 9.82 Å². The molecule has 1 fully saturated rings. The number of hydrogen-bond donors (Lipinski definition) is 2. The van der Waals surface area contributed by atoms with E-state index in [4.69, 9.17) is 5.11 Å². The van der Waals surface area contributed by atoms with Crippen molar-refractivity contribution in [2.24, 2.45) is 0 Å². The number of fused-ring (bicyclic) bond motifs is 1. The maximum Gasteiger partial charge on any atom is 0.525 e. The van der Waals surface area contributed by atoms with E-state index in [0.717, 1.165) is 29.3 Å². The zero-order valence-corrected chi connectivity index (χ0v) is 10.8. The van der Waals surface area contributed by atoms with Crippen molar-refractivity contribution >= 4 is 17.1 Å². The highest BCUT2D eigenvalue weighted by molar-refractivity contribution is 5.83. The molecule has 1 aliphatic heterocycles. The van der Waals surface area contributed by atoms with Gasteiger partial charge in [0.05, 0.1) is 0 Å². The minimum atomic E-state index is -1.28. The lowest BCUT2D eigenvalue weighted by molar-refractivity contribution is -0.131. The van der Waals surface area contributed by atoms with Gasteiger partial charge in [-0.15, -0.1) is 5.06 Å². The van der Waals surface area contributed by atoms with E-state index in [9.17, 15) is 9.18 Å². The van der Waals surface area contributed by atoms with Crippen LogP contribution in [0, 0.1) is 5.82 Å². The van der Waals surface area contributed by atoms with Gasteiger partial charge in [-0.2, -0.15) is 0 Å². The van der Waals surface area contributed by atoms with Crippen molar-refractivity contribution in [1.82, 2.24) is 10.0 Å². The van der Waals surface area contributed by atoms with Gasteiger partial charge in [0.1, 0.15) is 5.82 Å². The second kappa shape index (κ2) is 5.13. The van der Waals surface area contributed by atoms with Crippen LogP contribution in [-0.2, 0) is 4.84 Å². The molecule has 0 atom stereocenters. The van der Waals surface area contributed by atoms with E-state index in [-0.39, 0.29) is 5.82 Å². The molecular weight excluding hydrogens is 263 g/mol. The monoisotopic (exact) mass is 278 g/mol. The molecule has 0 bridgehead atoms. The zero-order valence-electron chi connectivity index (χ0n) is 10.8. The number of carbonyl (C=O) groups is 1. The van der Waals surface area contributed by atoms with Gasteiger partial charge in [-0.1, -0.05) is 0 Å². The van der Waals surface area contributed by atoms with Gasteiger partial charge in [0, 0.05) is 30.2 Å². The first-order valence-corrected chi connectivity index (χ1v) is 6.56. The first-order chi connectivity index (χ1) is 9.63. The summed E-state index contributed by atoms with van der Waals surface area (Å²) in [6.45, 7) is 1.11. The number of hydroxylamine groups is 2. The van der Waals surface area contributed by atoms with Crippen molar-refractivity contribution in [3.63, 3.8) is 0 Å². The molecule has 1 aliphatic rings. The van der Waals surface area contributed by atoms with E-state index < -0.39 is 6.16 Å². The number of rotatable bonds is 2. The minimum absolute atomic E-state index is 0.245. The molecule has 5 nitrogen and oxygen atoms in total. The zero-order chi connectivity index (χ0) is 14.1. The summed E-state index contributed by atoms with van der Waals surface area (Å²) in [5.74, 6) is 0.0455. The average Bonchev–Trinajstić information content (AvgIpc) is 2.82. The first kappa shape index (κ1) is 12.9. The van der Waals surface area contributed by atoms with Gasteiger partial charge in [-0.3, -0.25) is 0 Å². The van der Waals surface area contributed by atoms with Crippen LogP contribution >= 0.6 is 0 Å². The molecule has 0 spiro atoms. The van der Waals surface area contributed by atoms with Crippen molar-refractivity contribution < 1.29 is 19.1 Å². The van der Waals surface area contributed by atoms with Crippen LogP contribution in [0.15, 0.2) is 24.4 Å². The molecule has 1 aromatic carbocycles. The minimum Gasteiger partial charge on any atom is -0.448 e. The van der Waals surface area contributed by atoms with Crippen molar-refractivity contribution in [3.05, 3.63) is 35.8 Å². The highest BCUT2D eigenvalue weighted by Crippen LogP contribution is 2.33. The predicted molar refractivity (Wildman–Crippen MR) is 70.9 cm³/mol. The number of benzene rings is 1. The number of hydrogen-bond acceptors (Lipinski definition) is 3. The Labute approximate surface area is 114 Å². The molecule has 0 saturated carbocycles. The predicted octanol–water partition coefficient (Wildman–Crippen LogP) is 3.10. The number of nitrogens with zero attached hydrogens (tertiary/aromatic N) is 1. The summed E-state index contributed by atoms with van der Waals surface area (Å²) in [5, 5.41) is 10.9. The van der Waals surface area contributed by atoms with E-state index in [1.807, 2.05) is 6.20 Å². The molecule has 0 unspecified atom stereocenters. The van der Waals surface area contributed by atoms with Crippen molar-refractivity contribution in [3.8, 4) is 0 Å². The number of piperidine rings is 1. The number of carboxylic acid groups (broad SMARTS) is 1. The Balaban J connectivity index is 1.76. The second-order valence-electron chi connectivity index (χ2n) is 4.99.